The molecule has 0 saturated heterocycles. The van der Waals surface area contributed by atoms with Crippen molar-refractivity contribution in [3.63, 3.8) is 0 Å². The Bertz CT molecular complexity index is 371. The fourth-order valence-electron chi connectivity index (χ4n) is 1.39. The quantitative estimate of drug-likeness (QED) is 0.665. The summed E-state index contributed by atoms with van der Waals surface area (Å²) in [7, 11) is 0. The Morgan fingerprint density at radius 2 is 2.44 bits per heavy atom. The first-order valence-electron chi connectivity index (χ1n) is 5.55. The van der Waals surface area contributed by atoms with E-state index in [0.29, 0.717) is 18.9 Å². The van der Waals surface area contributed by atoms with Crippen molar-refractivity contribution in [2.24, 2.45) is 0 Å². The summed E-state index contributed by atoms with van der Waals surface area (Å²) in [6.45, 7) is 2.12. The highest BCUT2D eigenvalue weighted by molar-refractivity contribution is 5.90. The van der Waals surface area contributed by atoms with E-state index in [1.807, 2.05) is 0 Å². The lowest BCUT2D eigenvalue weighted by Crippen LogP contribution is -2.27. The van der Waals surface area contributed by atoms with Crippen molar-refractivity contribution >= 4 is 5.91 Å². The lowest BCUT2D eigenvalue weighted by molar-refractivity contribution is 0.0935. The minimum atomic E-state index is -0.408. The molecule has 2 rings (SSSR count). The molecule has 6 nitrogen and oxygen atoms in total. The number of nitrogens with one attached hydrogen (secondary N) is 2. The Kier molecular flexibility index (Phi) is 3.19. The topological polar surface area (TPSA) is 90.9 Å². The summed E-state index contributed by atoms with van der Waals surface area (Å²) in [5.74, 6) is 1.17. The average Bonchev–Trinajstić information content (AvgIpc) is 2.96. The van der Waals surface area contributed by atoms with Gasteiger partial charge in [-0.1, -0.05) is 0 Å². The number of aromatic amines is 1. The minimum absolute atomic E-state index is 0.187. The number of carbonyl (C=O) groups is 1. The van der Waals surface area contributed by atoms with Gasteiger partial charge in [0.15, 0.2) is 0 Å². The van der Waals surface area contributed by atoms with Gasteiger partial charge in [0.1, 0.15) is 5.82 Å². The van der Waals surface area contributed by atoms with Gasteiger partial charge in [0.05, 0.1) is 6.10 Å². The third-order valence-corrected chi connectivity index (χ3v) is 2.52. The zero-order valence-electron chi connectivity index (χ0n) is 9.23. The van der Waals surface area contributed by atoms with E-state index >= 15 is 0 Å². The molecule has 3 N–H and O–H groups in total. The van der Waals surface area contributed by atoms with Crippen LogP contribution in [0.15, 0.2) is 0 Å². The van der Waals surface area contributed by atoms with Gasteiger partial charge in [-0.15, -0.1) is 5.10 Å². The van der Waals surface area contributed by atoms with Crippen LogP contribution in [0.25, 0.3) is 0 Å². The molecule has 6 heteroatoms. The minimum Gasteiger partial charge on any atom is -0.393 e. The van der Waals surface area contributed by atoms with Crippen LogP contribution >= 0.6 is 0 Å². The first kappa shape index (κ1) is 11.1. The Balaban J connectivity index is 1.83. The number of rotatable bonds is 5. The van der Waals surface area contributed by atoms with Gasteiger partial charge in [0, 0.05) is 12.5 Å². The van der Waals surface area contributed by atoms with Crippen LogP contribution in [-0.2, 0) is 0 Å². The molecule has 88 valence electrons. The van der Waals surface area contributed by atoms with Crippen LogP contribution in [0.2, 0.25) is 0 Å². The van der Waals surface area contributed by atoms with Gasteiger partial charge in [-0.2, -0.15) is 0 Å². The van der Waals surface area contributed by atoms with E-state index in [2.05, 4.69) is 20.5 Å². The normalized spacial score (nSPS) is 17.1. The first-order chi connectivity index (χ1) is 7.66. The number of amides is 1. The molecule has 1 fully saturated rings. The number of hydrogen-bond donors (Lipinski definition) is 3. The van der Waals surface area contributed by atoms with E-state index in [4.69, 9.17) is 5.11 Å². The van der Waals surface area contributed by atoms with Gasteiger partial charge >= 0.3 is 0 Å². The highest BCUT2D eigenvalue weighted by atomic mass is 16.3. The molecule has 1 aliphatic carbocycles. The molecule has 16 heavy (non-hydrogen) atoms. The maximum absolute atomic E-state index is 11.5. The van der Waals surface area contributed by atoms with Crippen LogP contribution in [-0.4, -0.2) is 38.8 Å². The van der Waals surface area contributed by atoms with Crippen LogP contribution in [0.4, 0.5) is 0 Å². The smallest absolute Gasteiger partial charge is 0.290 e. The van der Waals surface area contributed by atoms with E-state index in [-0.39, 0.29) is 11.7 Å². The average molecular weight is 224 g/mol. The molecule has 1 saturated carbocycles. The summed E-state index contributed by atoms with van der Waals surface area (Å²) in [4.78, 5) is 15.7. The molecular formula is C10H16N4O2. The van der Waals surface area contributed by atoms with Gasteiger partial charge in [-0.05, 0) is 26.2 Å². The number of aliphatic hydroxyl groups is 1. The SMILES string of the molecule is CC(O)CCNC(=O)c1n[nH]c(C2CC2)n1. The molecule has 1 aromatic heterocycles. The predicted octanol–water partition coefficient (Wildman–Crippen LogP) is 0.183. The number of aromatic nitrogens is 3. The van der Waals surface area contributed by atoms with Crippen LogP contribution in [0.3, 0.4) is 0 Å². The van der Waals surface area contributed by atoms with Crippen molar-refractivity contribution in [1.82, 2.24) is 20.5 Å². The van der Waals surface area contributed by atoms with Gasteiger partial charge in [0.2, 0.25) is 5.82 Å². The molecule has 0 radical (unpaired) electrons. The summed E-state index contributed by atoms with van der Waals surface area (Å²) < 4.78 is 0. The molecule has 0 aliphatic heterocycles. The molecule has 0 bridgehead atoms. The lowest BCUT2D eigenvalue weighted by Gasteiger charge is -2.03. The van der Waals surface area contributed by atoms with E-state index < -0.39 is 6.10 Å². The van der Waals surface area contributed by atoms with Crippen LogP contribution in [0.1, 0.15) is 48.5 Å². The van der Waals surface area contributed by atoms with Crippen molar-refractivity contribution < 1.29 is 9.90 Å². The second-order valence-corrected chi connectivity index (χ2v) is 4.21. The number of aliphatic hydroxyl groups excluding tert-OH is 1. The van der Waals surface area contributed by atoms with Gasteiger partial charge in [-0.25, -0.2) is 4.98 Å². The third kappa shape index (κ3) is 2.79. The van der Waals surface area contributed by atoms with Crippen molar-refractivity contribution in [3.05, 3.63) is 11.6 Å². The van der Waals surface area contributed by atoms with Gasteiger partial charge in [-0.3, -0.25) is 9.89 Å². The summed E-state index contributed by atoms with van der Waals surface area (Å²) in [6.07, 6.45) is 2.37. The number of hydrogen-bond acceptors (Lipinski definition) is 4. The third-order valence-electron chi connectivity index (χ3n) is 2.52. The summed E-state index contributed by atoms with van der Waals surface area (Å²) in [5, 5.41) is 18.3. The maximum atomic E-state index is 11.5. The molecule has 1 atom stereocenters. The fourth-order valence-corrected chi connectivity index (χ4v) is 1.39. The summed E-state index contributed by atoms with van der Waals surface area (Å²) >= 11 is 0. The molecule has 0 aromatic carbocycles. The van der Waals surface area contributed by atoms with Crippen LogP contribution in [0.5, 0.6) is 0 Å². The zero-order valence-corrected chi connectivity index (χ0v) is 9.23. The standard InChI is InChI=1S/C10H16N4O2/c1-6(15)4-5-11-10(16)9-12-8(13-14-9)7-2-3-7/h6-7,15H,2-5H2,1H3,(H,11,16)(H,12,13,14). The lowest BCUT2D eigenvalue weighted by atomic mass is 10.3. The fraction of sp³-hybridized carbons (Fsp3) is 0.700. The largest absolute Gasteiger partial charge is 0.393 e. The molecular weight excluding hydrogens is 208 g/mol. The highest BCUT2D eigenvalue weighted by Crippen LogP contribution is 2.37. The van der Waals surface area contributed by atoms with E-state index in [0.717, 1.165) is 18.7 Å². The Labute approximate surface area is 93.5 Å². The van der Waals surface area contributed by atoms with Gasteiger partial charge in [0.25, 0.3) is 5.91 Å². The van der Waals surface area contributed by atoms with Crippen LogP contribution < -0.4 is 5.32 Å². The summed E-state index contributed by atoms with van der Waals surface area (Å²) in [6, 6.07) is 0. The number of carbonyl (C=O) groups excluding carboxylic acids is 1. The molecule has 1 amide bonds. The van der Waals surface area contributed by atoms with E-state index in [1.165, 1.54) is 0 Å². The Morgan fingerprint density at radius 3 is 3.06 bits per heavy atom. The van der Waals surface area contributed by atoms with E-state index in [1.54, 1.807) is 6.92 Å². The Morgan fingerprint density at radius 1 is 1.69 bits per heavy atom. The molecule has 1 heterocycles. The van der Waals surface area contributed by atoms with Crippen molar-refractivity contribution in [3.8, 4) is 0 Å². The number of H-pyrrole nitrogens is 1. The molecule has 1 unspecified atom stereocenters. The van der Waals surface area contributed by atoms with E-state index in [9.17, 15) is 4.79 Å². The molecule has 0 spiro atoms. The molecule has 1 aliphatic rings. The highest BCUT2D eigenvalue weighted by Gasteiger charge is 2.28. The second kappa shape index (κ2) is 4.61. The first-order valence-corrected chi connectivity index (χ1v) is 5.55. The Hall–Kier alpha value is -1.43. The summed E-state index contributed by atoms with van der Waals surface area (Å²) in [5.41, 5.74) is 0. The monoisotopic (exact) mass is 224 g/mol. The van der Waals surface area contributed by atoms with Gasteiger partial charge < -0.3 is 10.4 Å². The van der Waals surface area contributed by atoms with Crippen molar-refractivity contribution in [2.75, 3.05) is 6.54 Å². The predicted molar refractivity (Wildman–Crippen MR) is 57.0 cm³/mol. The van der Waals surface area contributed by atoms with Crippen LogP contribution in [0, 0.1) is 0 Å². The maximum Gasteiger partial charge on any atom is 0.290 e. The molecule has 1 aromatic rings. The number of nitrogens with zero attached hydrogens (tertiary/aromatic N) is 2. The van der Waals surface area contributed by atoms with Crippen molar-refractivity contribution in [2.45, 2.75) is 38.2 Å². The second-order valence-electron chi connectivity index (χ2n) is 4.21. The zero-order chi connectivity index (χ0) is 11.5. The van der Waals surface area contributed by atoms with Crippen molar-refractivity contribution in [1.29, 1.82) is 0 Å².